The number of thioether (sulfide) groups is 1. The summed E-state index contributed by atoms with van der Waals surface area (Å²) >= 11 is 0.995. The Bertz CT molecular complexity index is 1260. The van der Waals surface area contributed by atoms with Gasteiger partial charge in [-0.25, -0.2) is 17.6 Å². The van der Waals surface area contributed by atoms with E-state index in [9.17, 15) is 22.4 Å². The van der Waals surface area contributed by atoms with Crippen LogP contribution in [0.25, 0.3) is 17.1 Å². The molecule has 1 heterocycles. The molecule has 0 aliphatic rings. The van der Waals surface area contributed by atoms with Crippen molar-refractivity contribution in [2.45, 2.75) is 5.16 Å². The molecule has 0 aliphatic carbocycles. The first kappa shape index (κ1) is 21.6. The number of carbonyl (C=O) groups excluding carboxylic acids is 1. The summed E-state index contributed by atoms with van der Waals surface area (Å²) < 4.78 is 55.3. The van der Waals surface area contributed by atoms with Crippen LogP contribution in [0, 0.1) is 23.3 Å². The predicted molar refractivity (Wildman–Crippen MR) is 112 cm³/mol. The van der Waals surface area contributed by atoms with Gasteiger partial charge in [0.15, 0.2) is 28.4 Å². The van der Waals surface area contributed by atoms with Gasteiger partial charge in [0.25, 0.3) is 0 Å². The highest BCUT2D eigenvalue weighted by molar-refractivity contribution is 7.99. The zero-order chi connectivity index (χ0) is 22.7. The van der Waals surface area contributed by atoms with Crippen LogP contribution in [0.4, 0.5) is 23.2 Å². The molecule has 0 spiro atoms. The topological polar surface area (TPSA) is 59.8 Å². The third-order valence-corrected chi connectivity index (χ3v) is 5.32. The van der Waals surface area contributed by atoms with E-state index >= 15 is 0 Å². The van der Waals surface area contributed by atoms with Crippen molar-refractivity contribution in [2.75, 3.05) is 11.1 Å². The number of hydrogen-bond donors (Lipinski definition) is 1. The molecule has 0 atom stereocenters. The second kappa shape index (κ2) is 9.23. The maximum absolute atomic E-state index is 13.8. The highest BCUT2D eigenvalue weighted by atomic mass is 32.2. The molecular weight excluding hydrogens is 444 g/mol. The maximum atomic E-state index is 13.8. The number of halogens is 4. The van der Waals surface area contributed by atoms with E-state index in [1.54, 1.807) is 16.7 Å². The number of amides is 1. The van der Waals surface area contributed by atoms with Crippen LogP contribution in [-0.2, 0) is 4.79 Å². The van der Waals surface area contributed by atoms with Gasteiger partial charge in [-0.3, -0.25) is 9.36 Å². The fourth-order valence-corrected chi connectivity index (χ4v) is 3.65. The third-order valence-electron chi connectivity index (χ3n) is 4.39. The number of aromatic nitrogens is 3. The normalized spacial score (nSPS) is 10.9. The number of hydrogen-bond acceptors (Lipinski definition) is 4. The molecule has 0 saturated heterocycles. The van der Waals surface area contributed by atoms with Gasteiger partial charge in [0.2, 0.25) is 5.91 Å². The van der Waals surface area contributed by atoms with Crippen LogP contribution in [-0.4, -0.2) is 26.4 Å². The molecule has 4 rings (SSSR count). The van der Waals surface area contributed by atoms with Gasteiger partial charge in [0.05, 0.1) is 11.4 Å². The zero-order valence-electron chi connectivity index (χ0n) is 16.2. The summed E-state index contributed by atoms with van der Waals surface area (Å²) in [4.78, 5) is 12.3. The number of rotatable bonds is 6. The van der Waals surface area contributed by atoms with E-state index in [-0.39, 0.29) is 5.75 Å². The summed E-state index contributed by atoms with van der Waals surface area (Å²) in [5.74, 6) is -5.31. The highest BCUT2D eigenvalue weighted by Gasteiger charge is 2.19. The van der Waals surface area contributed by atoms with Gasteiger partial charge in [0.1, 0.15) is 5.82 Å². The lowest BCUT2D eigenvalue weighted by atomic mass is 10.2. The average molecular weight is 458 g/mol. The minimum absolute atomic E-state index is 0.216. The lowest BCUT2D eigenvalue weighted by Gasteiger charge is -2.11. The zero-order valence-corrected chi connectivity index (χ0v) is 17.0. The van der Waals surface area contributed by atoms with Crippen molar-refractivity contribution in [3.8, 4) is 17.1 Å². The van der Waals surface area contributed by atoms with E-state index in [2.05, 4.69) is 15.5 Å². The molecule has 3 aromatic carbocycles. The van der Waals surface area contributed by atoms with Crippen LogP contribution in [0.3, 0.4) is 0 Å². The minimum atomic E-state index is -1.67. The van der Waals surface area contributed by atoms with Crippen LogP contribution in [0.5, 0.6) is 0 Å². The fraction of sp³-hybridized carbons (Fsp3) is 0.0455. The molecule has 5 nitrogen and oxygen atoms in total. The summed E-state index contributed by atoms with van der Waals surface area (Å²) in [6.07, 6.45) is 0. The molecule has 1 amide bonds. The molecule has 10 heteroatoms. The molecule has 0 aliphatic heterocycles. The van der Waals surface area contributed by atoms with Crippen molar-refractivity contribution in [3.63, 3.8) is 0 Å². The number of nitrogens with zero attached hydrogens (tertiary/aromatic N) is 3. The summed E-state index contributed by atoms with van der Waals surface area (Å²) in [5, 5.41) is 10.9. The van der Waals surface area contributed by atoms with Crippen LogP contribution < -0.4 is 5.32 Å². The Morgan fingerprint density at radius 1 is 0.875 bits per heavy atom. The molecule has 4 aromatic rings. The molecule has 0 fully saturated rings. The number of nitrogens with one attached hydrogen (secondary N) is 1. The third kappa shape index (κ3) is 4.50. The van der Waals surface area contributed by atoms with Gasteiger partial charge in [-0.2, -0.15) is 0 Å². The van der Waals surface area contributed by atoms with Gasteiger partial charge in [0, 0.05) is 11.3 Å². The Morgan fingerprint density at radius 3 is 2.31 bits per heavy atom. The van der Waals surface area contributed by atoms with Gasteiger partial charge < -0.3 is 5.32 Å². The molecule has 32 heavy (non-hydrogen) atoms. The first-order chi connectivity index (χ1) is 15.4. The van der Waals surface area contributed by atoms with E-state index in [0.717, 1.165) is 29.5 Å². The summed E-state index contributed by atoms with van der Waals surface area (Å²) in [7, 11) is 0. The minimum Gasteiger partial charge on any atom is -0.323 e. The summed E-state index contributed by atoms with van der Waals surface area (Å²) in [5.41, 5.74) is 0.855. The van der Waals surface area contributed by atoms with E-state index in [1.165, 1.54) is 12.1 Å². The maximum Gasteiger partial charge on any atom is 0.234 e. The van der Waals surface area contributed by atoms with E-state index < -0.39 is 34.9 Å². The summed E-state index contributed by atoms with van der Waals surface area (Å²) in [6, 6.07) is 16.5. The average Bonchev–Trinajstić information content (AvgIpc) is 3.23. The highest BCUT2D eigenvalue weighted by Crippen LogP contribution is 2.28. The fourth-order valence-electron chi connectivity index (χ4n) is 2.90. The molecule has 1 aromatic heterocycles. The molecule has 0 radical (unpaired) electrons. The van der Waals surface area contributed by atoms with Crippen molar-refractivity contribution >= 4 is 23.4 Å². The van der Waals surface area contributed by atoms with Crippen molar-refractivity contribution in [1.82, 2.24) is 14.8 Å². The Balaban J connectivity index is 1.59. The van der Waals surface area contributed by atoms with Crippen molar-refractivity contribution in [1.29, 1.82) is 0 Å². The largest absolute Gasteiger partial charge is 0.323 e. The quantitative estimate of drug-likeness (QED) is 0.245. The van der Waals surface area contributed by atoms with Crippen molar-refractivity contribution in [3.05, 3.63) is 90.0 Å². The smallest absolute Gasteiger partial charge is 0.234 e. The van der Waals surface area contributed by atoms with E-state index in [0.29, 0.717) is 16.7 Å². The van der Waals surface area contributed by atoms with Crippen LogP contribution >= 0.6 is 11.8 Å². The lowest BCUT2D eigenvalue weighted by molar-refractivity contribution is -0.113. The first-order valence-corrected chi connectivity index (χ1v) is 10.3. The molecular formula is C22H14F4N4OS. The van der Waals surface area contributed by atoms with Crippen molar-refractivity contribution < 1.29 is 22.4 Å². The van der Waals surface area contributed by atoms with Crippen LogP contribution in [0.1, 0.15) is 0 Å². The SMILES string of the molecule is O=C(CSc1nnc(-c2ccccc2)n1-c1ccc(F)cc1)Nc1ccc(F)c(F)c1F. The monoisotopic (exact) mass is 458 g/mol. The second-order valence-corrected chi connectivity index (χ2v) is 7.49. The summed E-state index contributed by atoms with van der Waals surface area (Å²) in [6.45, 7) is 0. The van der Waals surface area contributed by atoms with E-state index in [4.69, 9.17) is 0 Å². The molecule has 1 N–H and O–H groups in total. The standard InChI is InChI=1S/C22H14F4N4OS/c23-14-6-8-15(9-7-14)30-21(13-4-2-1-3-5-13)28-29-22(30)32-12-18(31)27-17-11-10-16(24)19(25)20(17)26/h1-11H,12H2,(H,27,31). The predicted octanol–water partition coefficient (Wildman–Crippen LogP) is 5.22. The Morgan fingerprint density at radius 2 is 1.59 bits per heavy atom. The molecule has 0 saturated carbocycles. The number of anilines is 1. The van der Waals surface area contributed by atoms with Gasteiger partial charge in [-0.15, -0.1) is 10.2 Å². The Kier molecular flexibility index (Phi) is 6.22. The van der Waals surface area contributed by atoms with Gasteiger partial charge >= 0.3 is 0 Å². The number of carbonyl (C=O) groups is 1. The van der Waals surface area contributed by atoms with Gasteiger partial charge in [-0.05, 0) is 36.4 Å². The molecule has 0 unspecified atom stereocenters. The van der Waals surface area contributed by atoms with E-state index in [1.807, 2.05) is 30.3 Å². The number of benzene rings is 3. The van der Waals surface area contributed by atoms with Gasteiger partial charge in [-0.1, -0.05) is 42.1 Å². The van der Waals surface area contributed by atoms with Crippen molar-refractivity contribution in [2.24, 2.45) is 0 Å². The van der Waals surface area contributed by atoms with Crippen LogP contribution in [0.15, 0.2) is 71.9 Å². The van der Waals surface area contributed by atoms with Crippen LogP contribution in [0.2, 0.25) is 0 Å². The second-order valence-electron chi connectivity index (χ2n) is 6.54. The first-order valence-electron chi connectivity index (χ1n) is 9.27. The Labute approximate surface area is 184 Å². The Hall–Kier alpha value is -3.66. The lowest BCUT2D eigenvalue weighted by Crippen LogP contribution is -2.16. The molecule has 0 bridgehead atoms. The molecule has 162 valence electrons.